The maximum absolute atomic E-state index is 5.95. The van der Waals surface area contributed by atoms with Gasteiger partial charge in [0.15, 0.2) is 0 Å². The molecule has 0 fully saturated rings. The first kappa shape index (κ1) is 17.1. The first-order chi connectivity index (χ1) is 8.11. The summed E-state index contributed by atoms with van der Waals surface area (Å²) in [6, 6.07) is 0. The minimum absolute atomic E-state index is 0.641. The molecule has 0 aromatic carbocycles. The Morgan fingerprint density at radius 3 is 1.94 bits per heavy atom. The summed E-state index contributed by atoms with van der Waals surface area (Å²) in [6.07, 6.45) is 4.95. The lowest BCUT2D eigenvalue weighted by atomic mass is 10.0. The van der Waals surface area contributed by atoms with Crippen LogP contribution < -0.4 is 0 Å². The zero-order valence-corrected chi connectivity index (χ0v) is 13.3. The summed E-state index contributed by atoms with van der Waals surface area (Å²) in [5.41, 5.74) is 0. The van der Waals surface area contributed by atoms with E-state index < -0.39 is 8.80 Å². The van der Waals surface area contributed by atoms with E-state index in [0.717, 1.165) is 6.61 Å². The van der Waals surface area contributed by atoms with Crippen LogP contribution in [0.3, 0.4) is 0 Å². The van der Waals surface area contributed by atoms with Crippen molar-refractivity contribution < 1.29 is 13.3 Å². The summed E-state index contributed by atoms with van der Waals surface area (Å²) < 4.78 is 17.3. The van der Waals surface area contributed by atoms with Crippen molar-refractivity contribution in [2.75, 3.05) is 19.8 Å². The summed E-state index contributed by atoms with van der Waals surface area (Å²) in [4.78, 5) is 0. The molecule has 0 spiro atoms. The average Bonchev–Trinajstić information content (AvgIpc) is 2.30. The van der Waals surface area contributed by atoms with Gasteiger partial charge < -0.3 is 13.3 Å². The molecule has 17 heavy (non-hydrogen) atoms. The topological polar surface area (TPSA) is 27.7 Å². The minimum atomic E-state index is -2.37. The second-order valence-corrected chi connectivity index (χ2v) is 7.05. The van der Waals surface area contributed by atoms with Gasteiger partial charge in [0.1, 0.15) is 0 Å². The largest absolute Gasteiger partial charge is 0.497 e. The molecule has 104 valence electrons. The Kier molecular flexibility index (Phi) is 10.1. The number of rotatable bonds is 11. The van der Waals surface area contributed by atoms with Crippen LogP contribution in [0, 0.1) is 5.92 Å². The standard InChI is InChI=1S/C13H30O3Si/c1-6-10-11-13(7-2)12-16-17(5,14-8-3)15-9-4/h13H,6-12H2,1-5H3. The van der Waals surface area contributed by atoms with Crippen molar-refractivity contribution in [3.8, 4) is 0 Å². The summed E-state index contributed by atoms with van der Waals surface area (Å²) in [7, 11) is -2.37. The lowest BCUT2D eigenvalue weighted by Crippen LogP contribution is -2.43. The van der Waals surface area contributed by atoms with Crippen LogP contribution in [0.2, 0.25) is 6.55 Å². The van der Waals surface area contributed by atoms with Crippen molar-refractivity contribution in [1.29, 1.82) is 0 Å². The van der Waals surface area contributed by atoms with Gasteiger partial charge in [-0.15, -0.1) is 0 Å². The van der Waals surface area contributed by atoms with Gasteiger partial charge >= 0.3 is 8.80 Å². The third-order valence-electron chi connectivity index (χ3n) is 2.94. The quantitative estimate of drug-likeness (QED) is 0.529. The van der Waals surface area contributed by atoms with Gasteiger partial charge in [0.25, 0.3) is 0 Å². The molecule has 0 bridgehead atoms. The van der Waals surface area contributed by atoms with Crippen LogP contribution in [-0.2, 0) is 13.3 Å². The Morgan fingerprint density at radius 2 is 1.53 bits per heavy atom. The van der Waals surface area contributed by atoms with E-state index in [2.05, 4.69) is 13.8 Å². The fraction of sp³-hybridized carbons (Fsp3) is 1.00. The SMILES string of the molecule is CCCCC(CC)CO[Si](C)(OCC)OCC. The molecule has 0 N–H and O–H groups in total. The minimum Gasteiger partial charge on any atom is -0.374 e. The van der Waals surface area contributed by atoms with Crippen LogP contribution in [0.15, 0.2) is 0 Å². The van der Waals surface area contributed by atoms with Gasteiger partial charge in [-0.25, -0.2) is 0 Å². The molecule has 0 amide bonds. The fourth-order valence-electron chi connectivity index (χ4n) is 1.82. The molecule has 0 heterocycles. The normalized spacial score (nSPS) is 13.9. The van der Waals surface area contributed by atoms with Crippen molar-refractivity contribution in [1.82, 2.24) is 0 Å². The number of hydrogen-bond donors (Lipinski definition) is 0. The molecule has 0 aliphatic rings. The van der Waals surface area contributed by atoms with E-state index in [0.29, 0.717) is 19.1 Å². The summed E-state index contributed by atoms with van der Waals surface area (Å²) in [5, 5.41) is 0. The van der Waals surface area contributed by atoms with Crippen LogP contribution in [0.4, 0.5) is 0 Å². The van der Waals surface area contributed by atoms with Crippen LogP contribution in [0.25, 0.3) is 0 Å². The Hall–Kier alpha value is 0.0969. The predicted octanol–water partition coefficient (Wildman–Crippen LogP) is 3.86. The van der Waals surface area contributed by atoms with E-state index >= 15 is 0 Å². The van der Waals surface area contributed by atoms with Gasteiger partial charge in [0, 0.05) is 26.4 Å². The summed E-state index contributed by atoms with van der Waals surface area (Å²) >= 11 is 0. The summed E-state index contributed by atoms with van der Waals surface area (Å²) in [5.74, 6) is 0.641. The predicted molar refractivity (Wildman–Crippen MR) is 74.1 cm³/mol. The van der Waals surface area contributed by atoms with E-state index in [1.54, 1.807) is 0 Å². The first-order valence-corrected chi connectivity index (χ1v) is 9.26. The van der Waals surface area contributed by atoms with E-state index in [4.69, 9.17) is 13.3 Å². The second kappa shape index (κ2) is 10.1. The Morgan fingerprint density at radius 1 is 0.941 bits per heavy atom. The third-order valence-corrected chi connectivity index (χ3v) is 5.25. The lowest BCUT2D eigenvalue weighted by Gasteiger charge is -2.27. The fourth-order valence-corrected chi connectivity index (χ4v) is 3.65. The molecule has 0 saturated carbocycles. The highest BCUT2D eigenvalue weighted by Crippen LogP contribution is 2.17. The van der Waals surface area contributed by atoms with Gasteiger partial charge in [-0.3, -0.25) is 0 Å². The lowest BCUT2D eigenvalue weighted by molar-refractivity contribution is 0.0589. The third kappa shape index (κ3) is 7.92. The zero-order chi connectivity index (χ0) is 13.1. The maximum atomic E-state index is 5.95. The van der Waals surface area contributed by atoms with Gasteiger partial charge in [-0.2, -0.15) is 0 Å². The van der Waals surface area contributed by atoms with Gasteiger partial charge in [0.05, 0.1) is 0 Å². The summed E-state index contributed by atoms with van der Waals surface area (Å²) in [6.45, 7) is 12.5. The molecule has 0 saturated heterocycles. The number of unbranched alkanes of at least 4 members (excludes halogenated alkanes) is 1. The molecule has 0 rings (SSSR count). The van der Waals surface area contributed by atoms with Crippen molar-refractivity contribution in [2.24, 2.45) is 5.92 Å². The molecular weight excluding hydrogens is 232 g/mol. The monoisotopic (exact) mass is 262 g/mol. The van der Waals surface area contributed by atoms with Crippen molar-refractivity contribution >= 4 is 8.80 Å². The average molecular weight is 262 g/mol. The van der Waals surface area contributed by atoms with Crippen LogP contribution >= 0.6 is 0 Å². The van der Waals surface area contributed by atoms with Crippen molar-refractivity contribution in [3.63, 3.8) is 0 Å². The molecule has 0 aromatic heterocycles. The Balaban J connectivity index is 4.07. The molecule has 1 unspecified atom stereocenters. The van der Waals surface area contributed by atoms with E-state index in [9.17, 15) is 0 Å². The Bertz CT molecular complexity index is 170. The molecular formula is C13H30O3Si. The van der Waals surface area contributed by atoms with Gasteiger partial charge in [0.2, 0.25) is 0 Å². The van der Waals surface area contributed by atoms with Crippen molar-refractivity contribution in [2.45, 2.75) is 59.9 Å². The van der Waals surface area contributed by atoms with E-state index in [1.165, 1.54) is 25.7 Å². The molecule has 1 atom stereocenters. The molecule has 0 aliphatic carbocycles. The van der Waals surface area contributed by atoms with Crippen LogP contribution in [0.5, 0.6) is 0 Å². The van der Waals surface area contributed by atoms with Gasteiger partial charge in [-0.1, -0.05) is 33.1 Å². The number of hydrogen-bond acceptors (Lipinski definition) is 3. The van der Waals surface area contributed by atoms with Crippen LogP contribution in [-0.4, -0.2) is 28.6 Å². The van der Waals surface area contributed by atoms with E-state index in [-0.39, 0.29) is 0 Å². The zero-order valence-electron chi connectivity index (χ0n) is 12.3. The molecule has 0 radical (unpaired) electrons. The Labute approximate surface area is 108 Å². The highest BCUT2D eigenvalue weighted by atomic mass is 28.4. The van der Waals surface area contributed by atoms with E-state index in [1.807, 2.05) is 20.4 Å². The highest BCUT2D eigenvalue weighted by molar-refractivity contribution is 6.59. The second-order valence-electron chi connectivity index (χ2n) is 4.46. The van der Waals surface area contributed by atoms with Crippen molar-refractivity contribution in [3.05, 3.63) is 0 Å². The molecule has 0 aromatic rings. The van der Waals surface area contributed by atoms with Gasteiger partial charge in [-0.05, 0) is 26.2 Å². The molecule has 0 aliphatic heterocycles. The smallest absolute Gasteiger partial charge is 0.374 e. The van der Waals surface area contributed by atoms with Crippen LogP contribution in [0.1, 0.15) is 53.4 Å². The molecule has 4 heteroatoms. The highest BCUT2D eigenvalue weighted by Gasteiger charge is 2.34. The maximum Gasteiger partial charge on any atom is 0.497 e. The molecule has 3 nitrogen and oxygen atoms in total. The first-order valence-electron chi connectivity index (χ1n) is 7.03.